The number of aromatic nitrogens is 2. The minimum Gasteiger partial charge on any atom is -0.493 e. The number of aliphatic hydroxyl groups excluding tert-OH is 1. The van der Waals surface area contributed by atoms with E-state index < -0.39 is 0 Å². The molecule has 15 heavy (non-hydrogen) atoms. The van der Waals surface area contributed by atoms with Crippen molar-refractivity contribution in [1.82, 2.24) is 9.97 Å². The summed E-state index contributed by atoms with van der Waals surface area (Å²) in [5.74, 6) is 0.993. The molecule has 0 amide bonds. The second kappa shape index (κ2) is 3.78. The van der Waals surface area contributed by atoms with Crippen molar-refractivity contribution >= 4 is 17.0 Å². The maximum absolute atomic E-state index is 9.28. The van der Waals surface area contributed by atoms with Crippen molar-refractivity contribution in [3.63, 3.8) is 0 Å². The largest absolute Gasteiger partial charge is 0.493 e. The molecule has 2 aromatic rings. The van der Waals surface area contributed by atoms with Gasteiger partial charge in [0, 0.05) is 5.56 Å². The van der Waals surface area contributed by atoms with E-state index in [2.05, 4.69) is 9.97 Å². The zero-order chi connectivity index (χ0) is 10.8. The summed E-state index contributed by atoms with van der Waals surface area (Å²) in [6.45, 7) is 2.33. The van der Waals surface area contributed by atoms with Gasteiger partial charge in [-0.15, -0.1) is 0 Å². The molecule has 1 aromatic heterocycles. The third kappa shape index (κ3) is 1.61. The maximum Gasteiger partial charge on any atom is 0.198 e. The Morgan fingerprint density at radius 2 is 2.33 bits per heavy atom. The van der Waals surface area contributed by atoms with E-state index in [1.165, 1.54) is 0 Å². The number of aliphatic hydroxyl groups is 1. The Hall–Kier alpha value is -1.75. The first-order chi connectivity index (χ1) is 7.26. The van der Waals surface area contributed by atoms with Crippen LogP contribution < -0.4 is 10.5 Å². The fraction of sp³-hybridized carbons (Fsp3) is 0.300. The molecule has 0 atom stereocenters. The van der Waals surface area contributed by atoms with E-state index >= 15 is 0 Å². The number of benzene rings is 1. The molecular formula is C10H13N3O2. The number of fused-ring (bicyclic) bond motifs is 1. The number of ether oxygens (including phenoxy) is 1. The van der Waals surface area contributed by atoms with Crippen molar-refractivity contribution < 1.29 is 9.84 Å². The van der Waals surface area contributed by atoms with Gasteiger partial charge < -0.3 is 20.6 Å². The Morgan fingerprint density at radius 3 is 3.00 bits per heavy atom. The van der Waals surface area contributed by atoms with Gasteiger partial charge in [0.25, 0.3) is 0 Å². The lowest BCUT2D eigenvalue weighted by Gasteiger charge is -2.07. The van der Waals surface area contributed by atoms with Crippen molar-refractivity contribution in [1.29, 1.82) is 0 Å². The van der Waals surface area contributed by atoms with Gasteiger partial charge in [-0.3, -0.25) is 0 Å². The molecule has 0 bridgehead atoms. The number of anilines is 1. The molecule has 5 nitrogen and oxygen atoms in total. The van der Waals surface area contributed by atoms with Crippen LogP contribution in [0.15, 0.2) is 12.1 Å². The van der Waals surface area contributed by atoms with Crippen LogP contribution in [0.1, 0.15) is 12.5 Å². The summed E-state index contributed by atoms with van der Waals surface area (Å²) in [5, 5.41) is 9.28. The molecule has 0 aliphatic heterocycles. The first kappa shape index (κ1) is 9.79. The van der Waals surface area contributed by atoms with Crippen LogP contribution in [0, 0.1) is 0 Å². The molecule has 0 aliphatic rings. The van der Waals surface area contributed by atoms with Gasteiger partial charge in [-0.2, -0.15) is 0 Å². The number of hydrogen-bond acceptors (Lipinski definition) is 4. The van der Waals surface area contributed by atoms with Crippen LogP contribution in [0.25, 0.3) is 11.0 Å². The van der Waals surface area contributed by atoms with E-state index in [-0.39, 0.29) is 6.61 Å². The predicted molar refractivity (Wildman–Crippen MR) is 57.6 cm³/mol. The molecule has 80 valence electrons. The van der Waals surface area contributed by atoms with Crippen LogP contribution in [0.5, 0.6) is 5.75 Å². The molecule has 4 N–H and O–H groups in total. The fourth-order valence-electron chi connectivity index (χ4n) is 1.58. The summed E-state index contributed by atoms with van der Waals surface area (Å²) in [4.78, 5) is 7.01. The Labute approximate surface area is 86.9 Å². The second-order valence-corrected chi connectivity index (χ2v) is 3.15. The normalized spacial score (nSPS) is 10.8. The van der Waals surface area contributed by atoms with Gasteiger partial charge >= 0.3 is 0 Å². The zero-order valence-corrected chi connectivity index (χ0v) is 8.45. The highest BCUT2D eigenvalue weighted by atomic mass is 16.5. The van der Waals surface area contributed by atoms with Gasteiger partial charge in [0.2, 0.25) is 0 Å². The predicted octanol–water partition coefficient (Wildman–Crippen LogP) is 1.04. The van der Waals surface area contributed by atoms with Gasteiger partial charge in [0.1, 0.15) is 5.75 Å². The van der Waals surface area contributed by atoms with Crippen molar-refractivity contribution in [2.24, 2.45) is 0 Å². The van der Waals surface area contributed by atoms with Crippen molar-refractivity contribution in [2.45, 2.75) is 13.5 Å². The van der Waals surface area contributed by atoms with Crippen LogP contribution in [0.3, 0.4) is 0 Å². The lowest BCUT2D eigenvalue weighted by Crippen LogP contribution is -1.97. The highest BCUT2D eigenvalue weighted by Gasteiger charge is 2.10. The Bertz CT molecular complexity index is 479. The van der Waals surface area contributed by atoms with Gasteiger partial charge in [-0.25, -0.2) is 4.98 Å². The molecule has 1 aromatic carbocycles. The van der Waals surface area contributed by atoms with Crippen LogP contribution in [0.4, 0.5) is 5.95 Å². The third-order valence-corrected chi connectivity index (χ3v) is 2.19. The highest BCUT2D eigenvalue weighted by Crippen LogP contribution is 2.27. The molecule has 0 radical (unpaired) electrons. The monoisotopic (exact) mass is 207 g/mol. The standard InChI is InChI=1S/C10H13N3O2/c1-2-15-8-4-3-7-9(6(8)5-14)13-10(11)12-7/h3-4,14H,2,5H2,1H3,(H3,11,12,13). The quantitative estimate of drug-likeness (QED) is 0.702. The van der Waals surface area contributed by atoms with E-state index in [9.17, 15) is 5.11 Å². The SMILES string of the molecule is CCOc1ccc2[nH]c(N)nc2c1CO. The van der Waals surface area contributed by atoms with E-state index in [0.29, 0.717) is 29.4 Å². The van der Waals surface area contributed by atoms with Crippen LogP contribution in [0.2, 0.25) is 0 Å². The summed E-state index contributed by atoms with van der Waals surface area (Å²) >= 11 is 0. The minimum atomic E-state index is -0.114. The maximum atomic E-state index is 9.28. The molecule has 0 aliphatic carbocycles. The number of H-pyrrole nitrogens is 1. The molecule has 0 saturated carbocycles. The van der Waals surface area contributed by atoms with Crippen molar-refractivity contribution in [2.75, 3.05) is 12.3 Å². The van der Waals surface area contributed by atoms with E-state index in [1.807, 2.05) is 13.0 Å². The fourth-order valence-corrected chi connectivity index (χ4v) is 1.58. The Kier molecular flexibility index (Phi) is 2.47. The first-order valence-electron chi connectivity index (χ1n) is 4.77. The first-order valence-corrected chi connectivity index (χ1v) is 4.77. The summed E-state index contributed by atoms with van der Waals surface area (Å²) in [5.41, 5.74) is 7.69. The third-order valence-electron chi connectivity index (χ3n) is 2.19. The molecular weight excluding hydrogens is 194 g/mol. The summed E-state index contributed by atoms with van der Waals surface area (Å²) < 4.78 is 5.39. The molecule has 0 fully saturated rings. The van der Waals surface area contributed by atoms with Crippen molar-refractivity contribution in [3.8, 4) is 5.75 Å². The average molecular weight is 207 g/mol. The molecule has 1 heterocycles. The smallest absolute Gasteiger partial charge is 0.198 e. The lowest BCUT2D eigenvalue weighted by molar-refractivity contribution is 0.268. The number of hydrogen-bond donors (Lipinski definition) is 3. The average Bonchev–Trinajstić information content (AvgIpc) is 2.58. The molecule has 2 rings (SSSR count). The number of nitrogens with zero attached hydrogens (tertiary/aromatic N) is 1. The molecule has 5 heteroatoms. The number of aromatic amines is 1. The Balaban J connectivity index is 2.63. The number of nitrogens with two attached hydrogens (primary N) is 1. The molecule has 0 saturated heterocycles. The van der Waals surface area contributed by atoms with Crippen molar-refractivity contribution in [3.05, 3.63) is 17.7 Å². The minimum absolute atomic E-state index is 0.114. The lowest BCUT2D eigenvalue weighted by atomic mass is 10.1. The van der Waals surface area contributed by atoms with Gasteiger partial charge in [0.15, 0.2) is 5.95 Å². The Morgan fingerprint density at radius 1 is 1.53 bits per heavy atom. The number of nitrogens with one attached hydrogen (secondary N) is 1. The van der Waals surface area contributed by atoms with Crippen LogP contribution in [-0.2, 0) is 6.61 Å². The van der Waals surface area contributed by atoms with Crippen LogP contribution >= 0.6 is 0 Å². The van der Waals surface area contributed by atoms with E-state index in [4.69, 9.17) is 10.5 Å². The second-order valence-electron chi connectivity index (χ2n) is 3.15. The number of rotatable bonds is 3. The van der Waals surface area contributed by atoms with Gasteiger partial charge in [-0.1, -0.05) is 0 Å². The summed E-state index contributed by atoms with van der Waals surface area (Å²) in [6, 6.07) is 3.64. The van der Waals surface area contributed by atoms with Gasteiger partial charge in [0.05, 0.1) is 24.2 Å². The summed E-state index contributed by atoms with van der Waals surface area (Å²) in [6.07, 6.45) is 0. The van der Waals surface area contributed by atoms with E-state index in [1.54, 1.807) is 6.07 Å². The van der Waals surface area contributed by atoms with Gasteiger partial charge in [-0.05, 0) is 19.1 Å². The molecule has 0 spiro atoms. The highest BCUT2D eigenvalue weighted by molar-refractivity contribution is 5.82. The number of imidazole rings is 1. The molecule has 0 unspecified atom stereocenters. The van der Waals surface area contributed by atoms with Crippen LogP contribution in [-0.4, -0.2) is 21.7 Å². The zero-order valence-electron chi connectivity index (χ0n) is 8.45. The number of nitrogen functional groups attached to an aromatic ring is 1. The van der Waals surface area contributed by atoms with E-state index in [0.717, 1.165) is 5.52 Å². The summed E-state index contributed by atoms with van der Waals surface area (Å²) in [7, 11) is 0. The topological polar surface area (TPSA) is 84.2 Å².